The Kier molecular flexibility index (Phi) is 3.93. The van der Waals surface area contributed by atoms with Crippen LogP contribution in [0.15, 0.2) is 24.3 Å². The van der Waals surface area contributed by atoms with Crippen LogP contribution in [-0.4, -0.2) is 52.3 Å². The summed E-state index contributed by atoms with van der Waals surface area (Å²) in [7, 11) is 0. The third-order valence-electron chi connectivity index (χ3n) is 4.51. The van der Waals surface area contributed by atoms with E-state index in [2.05, 4.69) is 15.2 Å². The van der Waals surface area contributed by atoms with Crippen molar-refractivity contribution in [3.8, 4) is 5.75 Å². The second kappa shape index (κ2) is 6.24. The SMILES string of the molecule is Cc1nc([C@H]2CN(C(=O)[C@H]3COc4ccccc4C3)CCO2)n[nH]1. The molecular formula is C17H20N4O3. The molecule has 0 bridgehead atoms. The van der Waals surface area contributed by atoms with Gasteiger partial charge in [-0.2, -0.15) is 5.10 Å². The second-order valence-electron chi connectivity index (χ2n) is 6.24. The molecule has 0 aliphatic carbocycles. The molecule has 126 valence electrons. The van der Waals surface area contributed by atoms with E-state index in [1.165, 1.54) is 0 Å². The molecule has 0 saturated carbocycles. The number of morpholine rings is 1. The molecule has 1 saturated heterocycles. The lowest BCUT2D eigenvalue weighted by Gasteiger charge is -2.35. The van der Waals surface area contributed by atoms with Crippen LogP contribution in [-0.2, 0) is 16.0 Å². The lowest BCUT2D eigenvalue weighted by atomic mass is 9.95. The highest BCUT2D eigenvalue weighted by Gasteiger charge is 2.33. The summed E-state index contributed by atoms with van der Waals surface area (Å²) in [4.78, 5) is 19.1. The van der Waals surface area contributed by atoms with Crippen molar-refractivity contribution in [3.05, 3.63) is 41.5 Å². The highest BCUT2D eigenvalue weighted by Crippen LogP contribution is 2.29. The van der Waals surface area contributed by atoms with E-state index in [4.69, 9.17) is 9.47 Å². The molecule has 1 aromatic carbocycles. The van der Waals surface area contributed by atoms with Gasteiger partial charge in [-0.05, 0) is 25.0 Å². The first kappa shape index (κ1) is 15.1. The molecule has 0 spiro atoms. The molecule has 1 fully saturated rings. The van der Waals surface area contributed by atoms with E-state index in [9.17, 15) is 4.79 Å². The van der Waals surface area contributed by atoms with Gasteiger partial charge >= 0.3 is 0 Å². The topological polar surface area (TPSA) is 80.3 Å². The molecule has 2 aliphatic rings. The van der Waals surface area contributed by atoms with Crippen molar-refractivity contribution in [2.24, 2.45) is 5.92 Å². The first-order valence-electron chi connectivity index (χ1n) is 8.20. The van der Waals surface area contributed by atoms with Crippen molar-refractivity contribution in [1.29, 1.82) is 0 Å². The number of H-pyrrole nitrogens is 1. The first-order valence-corrected chi connectivity index (χ1v) is 8.20. The quantitative estimate of drug-likeness (QED) is 0.898. The van der Waals surface area contributed by atoms with Gasteiger partial charge in [0.2, 0.25) is 5.91 Å². The minimum Gasteiger partial charge on any atom is -0.492 e. The van der Waals surface area contributed by atoms with Crippen molar-refractivity contribution in [1.82, 2.24) is 20.1 Å². The van der Waals surface area contributed by atoms with Crippen LogP contribution in [0.4, 0.5) is 0 Å². The molecule has 7 heteroatoms. The fourth-order valence-corrected chi connectivity index (χ4v) is 3.25. The second-order valence-corrected chi connectivity index (χ2v) is 6.24. The maximum Gasteiger partial charge on any atom is 0.229 e. The number of aryl methyl sites for hydroxylation is 1. The third kappa shape index (κ3) is 2.87. The molecule has 0 unspecified atom stereocenters. The number of aromatic amines is 1. The summed E-state index contributed by atoms with van der Waals surface area (Å²) in [6.07, 6.45) is 0.445. The number of amides is 1. The zero-order valence-corrected chi connectivity index (χ0v) is 13.6. The summed E-state index contributed by atoms with van der Waals surface area (Å²) >= 11 is 0. The number of nitrogens with zero attached hydrogens (tertiary/aromatic N) is 3. The van der Waals surface area contributed by atoms with E-state index >= 15 is 0 Å². The molecular weight excluding hydrogens is 308 g/mol. The Labute approximate surface area is 140 Å². The fraction of sp³-hybridized carbons (Fsp3) is 0.471. The van der Waals surface area contributed by atoms with Crippen molar-refractivity contribution < 1.29 is 14.3 Å². The lowest BCUT2D eigenvalue weighted by molar-refractivity contribution is -0.145. The number of hydrogen-bond acceptors (Lipinski definition) is 5. The van der Waals surface area contributed by atoms with Crippen molar-refractivity contribution in [3.63, 3.8) is 0 Å². The predicted molar refractivity (Wildman–Crippen MR) is 85.5 cm³/mol. The molecule has 4 rings (SSSR count). The monoisotopic (exact) mass is 328 g/mol. The zero-order valence-electron chi connectivity index (χ0n) is 13.6. The Morgan fingerprint density at radius 1 is 1.38 bits per heavy atom. The van der Waals surface area contributed by atoms with Crippen LogP contribution in [0.25, 0.3) is 0 Å². The van der Waals surface area contributed by atoms with Crippen LogP contribution in [0.2, 0.25) is 0 Å². The number of ether oxygens (including phenoxy) is 2. The van der Waals surface area contributed by atoms with Gasteiger partial charge in [0.25, 0.3) is 0 Å². The number of benzene rings is 1. The van der Waals surface area contributed by atoms with E-state index in [0.29, 0.717) is 32.1 Å². The Balaban J connectivity index is 1.45. The van der Waals surface area contributed by atoms with Crippen molar-refractivity contribution in [2.45, 2.75) is 19.4 Å². The van der Waals surface area contributed by atoms with Crippen LogP contribution in [0, 0.1) is 12.8 Å². The Morgan fingerprint density at radius 3 is 3.08 bits per heavy atom. The minimum absolute atomic E-state index is 0.116. The van der Waals surface area contributed by atoms with Crippen LogP contribution in [0.3, 0.4) is 0 Å². The average Bonchev–Trinajstić information content (AvgIpc) is 3.07. The molecule has 0 radical (unpaired) electrons. The van der Waals surface area contributed by atoms with E-state index in [1.807, 2.05) is 36.1 Å². The molecule has 7 nitrogen and oxygen atoms in total. The molecule has 2 aromatic rings. The maximum absolute atomic E-state index is 12.9. The predicted octanol–water partition coefficient (Wildman–Crippen LogP) is 1.26. The van der Waals surface area contributed by atoms with Crippen LogP contribution in [0.1, 0.15) is 23.3 Å². The maximum atomic E-state index is 12.9. The highest BCUT2D eigenvalue weighted by molar-refractivity contribution is 5.80. The summed E-state index contributed by atoms with van der Waals surface area (Å²) in [6, 6.07) is 7.90. The Morgan fingerprint density at radius 2 is 2.25 bits per heavy atom. The van der Waals surface area contributed by atoms with Gasteiger partial charge < -0.3 is 14.4 Å². The third-order valence-corrected chi connectivity index (χ3v) is 4.51. The summed E-state index contributed by atoms with van der Waals surface area (Å²) in [6.45, 7) is 3.84. The normalized spacial score (nSPS) is 23.5. The molecule has 3 heterocycles. The molecule has 1 aromatic heterocycles. The van der Waals surface area contributed by atoms with E-state index < -0.39 is 0 Å². The van der Waals surface area contributed by atoms with E-state index in [-0.39, 0.29) is 17.9 Å². The van der Waals surface area contributed by atoms with Gasteiger partial charge in [0, 0.05) is 6.54 Å². The van der Waals surface area contributed by atoms with E-state index in [1.54, 1.807) is 0 Å². The van der Waals surface area contributed by atoms with Crippen molar-refractivity contribution >= 4 is 5.91 Å². The lowest BCUT2D eigenvalue weighted by Crippen LogP contribution is -2.47. The van der Waals surface area contributed by atoms with Gasteiger partial charge in [-0.3, -0.25) is 9.89 Å². The zero-order chi connectivity index (χ0) is 16.5. The molecule has 1 N–H and O–H groups in total. The smallest absolute Gasteiger partial charge is 0.229 e. The standard InChI is InChI=1S/C17H20N4O3/c1-11-18-16(20-19-11)15-9-21(6-7-23-15)17(22)13-8-12-4-2-3-5-14(12)24-10-13/h2-5,13,15H,6-10H2,1H3,(H,18,19,20)/t13-,15-/m1/s1. The van der Waals surface area contributed by atoms with Crippen LogP contribution in [0.5, 0.6) is 5.75 Å². The van der Waals surface area contributed by atoms with Gasteiger partial charge in [-0.25, -0.2) is 4.98 Å². The number of nitrogens with one attached hydrogen (secondary N) is 1. The number of carbonyl (C=O) groups excluding carboxylic acids is 1. The molecule has 2 aliphatic heterocycles. The van der Waals surface area contributed by atoms with Gasteiger partial charge in [0.05, 0.1) is 19.1 Å². The molecule has 1 amide bonds. The van der Waals surface area contributed by atoms with Gasteiger partial charge in [-0.15, -0.1) is 0 Å². The van der Waals surface area contributed by atoms with Crippen LogP contribution < -0.4 is 4.74 Å². The highest BCUT2D eigenvalue weighted by atomic mass is 16.5. The molecule has 24 heavy (non-hydrogen) atoms. The van der Waals surface area contributed by atoms with E-state index in [0.717, 1.165) is 23.6 Å². The van der Waals surface area contributed by atoms with Gasteiger partial charge in [0.15, 0.2) is 5.82 Å². The number of hydrogen-bond donors (Lipinski definition) is 1. The van der Waals surface area contributed by atoms with Crippen LogP contribution >= 0.6 is 0 Å². The Bertz CT molecular complexity index is 745. The summed E-state index contributed by atoms with van der Waals surface area (Å²) in [5.74, 6) is 2.21. The first-order chi connectivity index (χ1) is 11.7. The minimum atomic E-state index is -0.274. The summed E-state index contributed by atoms with van der Waals surface area (Å²) in [5.41, 5.74) is 1.09. The Hall–Kier alpha value is -2.41. The number of para-hydroxylation sites is 1. The largest absolute Gasteiger partial charge is 0.492 e. The van der Waals surface area contributed by atoms with Crippen molar-refractivity contribution in [2.75, 3.05) is 26.3 Å². The summed E-state index contributed by atoms with van der Waals surface area (Å²) < 4.78 is 11.5. The summed E-state index contributed by atoms with van der Waals surface area (Å²) in [5, 5.41) is 6.97. The average molecular weight is 328 g/mol. The number of aromatic nitrogens is 3. The molecule has 2 atom stereocenters. The number of carbonyl (C=O) groups is 1. The number of rotatable bonds is 2. The van der Waals surface area contributed by atoms with Gasteiger partial charge in [0.1, 0.15) is 24.3 Å². The fourth-order valence-electron chi connectivity index (χ4n) is 3.25. The number of fused-ring (bicyclic) bond motifs is 1. The van der Waals surface area contributed by atoms with Gasteiger partial charge in [-0.1, -0.05) is 18.2 Å².